The van der Waals surface area contributed by atoms with Crippen molar-refractivity contribution in [3.8, 4) is 0 Å². The highest BCUT2D eigenvalue weighted by atomic mass is 16.5. The van der Waals surface area contributed by atoms with Crippen LogP contribution in [-0.2, 0) is 4.74 Å². The number of allylic oxidation sites excluding steroid dienone is 2. The van der Waals surface area contributed by atoms with E-state index < -0.39 is 0 Å². The largest absolute Gasteiger partial charge is 0.380 e. The molecule has 0 amide bonds. The normalized spacial score (nSPS) is 45.7. The Morgan fingerprint density at radius 3 is 2.88 bits per heavy atom. The molecule has 2 nitrogen and oxygen atoms in total. The molecule has 0 aromatic heterocycles. The molecular weight excluding hydrogens is 198 g/mol. The monoisotopic (exact) mass is 221 g/mol. The Bertz CT molecular complexity index is 276. The minimum Gasteiger partial charge on any atom is -0.380 e. The van der Waals surface area contributed by atoms with E-state index >= 15 is 0 Å². The van der Waals surface area contributed by atoms with Crippen LogP contribution in [-0.4, -0.2) is 25.8 Å². The standard InChI is InChI=1S/C14H23NO/c1-16-14-4-2-3-13(14)15-9-12-8-10-5-6-11(12)7-10/h5-6,10-15H,2-4,7-9H2,1H3. The van der Waals surface area contributed by atoms with Crippen LogP contribution < -0.4 is 5.32 Å². The summed E-state index contributed by atoms with van der Waals surface area (Å²) < 4.78 is 5.52. The molecule has 0 heterocycles. The van der Waals surface area contributed by atoms with Gasteiger partial charge in [-0.2, -0.15) is 0 Å². The van der Waals surface area contributed by atoms with E-state index in [0.717, 1.165) is 17.8 Å². The van der Waals surface area contributed by atoms with Crippen LogP contribution in [0.1, 0.15) is 32.1 Å². The molecule has 2 bridgehead atoms. The SMILES string of the molecule is COC1CCCC1NCC1CC2C=CC1C2. The molecule has 90 valence electrons. The smallest absolute Gasteiger partial charge is 0.0724 e. The fourth-order valence-corrected chi connectivity index (χ4v) is 3.87. The lowest BCUT2D eigenvalue weighted by atomic mass is 9.93. The van der Waals surface area contributed by atoms with Crippen molar-refractivity contribution in [2.75, 3.05) is 13.7 Å². The third-order valence-electron chi connectivity index (χ3n) is 4.81. The topological polar surface area (TPSA) is 21.3 Å². The maximum atomic E-state index is 5.52. The van der Waals surface area contributed by atoms with Crippen LogP contribution in [0.15, 0.2) is 12.2 Å². The highest BCUT2D eigenvalue weighted by Gasteiger charge is 2.36. The molecule has 3 aliphatic carbocycles. The van der Waals surface area contributed by atoms with Crippen LogP contribution in [0.25, 0.3) is 0 Å². The number of rotatable bonds is 4. The second kappa shape index (κ2) is 4.50. The first-order chi connectivity index (χ1) is 7.86. The average Bonchev–Trinajstić information content (AvgIpc) is 3.01. The minimum atomic E-state index is 0.467. The highest BCUT2D eigenvalue weighted by Crippen LogP contribution is 2.43. The molecule has 0 aromatic rings. The van der Waals surface area contributed by atoms with E-state index in [-0.39, 0.29) is 0 Å². The molecule has 0 saturated heterocycles. The van der Waals surface area contributed by atoms with Gasteiger partial charge in [-0.1, -0.05) is 12.2 Å². The second-order valence-corrected chi connectivity index (χ2v) is 5.76. The van der Waals surface area contributed by atoms with Gasteiger partial charge in [-0.15, -0.1) is 0 Å². The summed E-state index contributed by atoms with van der Waals surface area (Å²) in [7, 11) is 1.85. The molecule has 0 spiro atoms. The molecule has 1 N–H and O–H groups in total. The van der Waals surface area contributed by atoms with Gasteiger partial charge in [-0.05, 0) is 56.4 Å². The summed E-state index contributed by atoms with van der Waals surface area (Å²) >= 11 is 0. The van der Waals surface area contributed by atoms with Crippen LogP contribution in [0.3, 0.4) is 0 Å². The Hall–Kier alpha value is -0.340. The zero-order valence-electron chi connectivity index (χ0n) is 10.2. The molecular formula is C14H23NO. The maximum absolute atomic E-state index is 5.52. The number of nitrogens with one attached hydrogen (secondary N) is 1. The van der Waals surface area contributed by atoms with Crippen molar-refractivity contribution in [1.29, 1.82) is 0 Å². The van der Waals surface area contributed by atoms with Gasteiger partial charge in [0.1, 0.15) is 0 Å². The van der Waals surface area contributed by atoms with Gasteiger partial charge in [0.15, 0.2) is 0 Å². The van der Waals surface area contributed by atoms with Gasteiger partial charge in [0, 0.05) is 13.2 Å². The molecule has 2 saturated carbocycles. The van der Waals surface area contributed by atoms with Gasteiger partial charge in [-0.25, -0.2) is 0 Å². The Kier molecular flexibility index (Phi) is 3.03. The summed E-state index contributed by atoms with van der Waals surface area (Å²) in [6, 6.07) is 0.619. The molecule has 3 rings (SSSR count). The Morgan fingerprint density at radius 2 is 2.19 bits per heavy atom. The number of hydrogen-bond donors (Lipinski definition) is 1. The van der Waals surface area contributed by atoms with E-state index in [1.54, 1.807) is 0 Å². The maximum Gasteiger partial charge on any atom is 0.0724 e. The van der Waals surface area contributed by atoms with Crippen molar-refractivity contribution in [3.63, 3.8) is 0 Å². The Labute approximate surface area is 98.4 Å². The van der Waals surface area contributed by atoms with Gasteiger partial charge in [0.2, 0.25) is 0 Å². The fourth-order valence-electron chi connectivity index (χ4n) is 3.87. The van der Waals surface area contributed by atoms with Crippen molar-refractivity contribution in [3.05, 3.63) is 12.2 Å². The lowest BCUT2D eigenvalue weighted by Gasteiger charge is -2.24. The average molecular weight is 221 g/mol. The van der Waals surface area contributed by atoms with E-state index in [0.29, 0.717) is 12.1 Å². The molecule has 2 fully saturated rings. The fraction of sp³-hybridized carbons (Fsp3) is 0.857. The number of methoxy groups -OCH3 is 1. The second-order valence-electron chi connectivity index (χ2n) is 5.76. The molecule has 0 aliphatic heterocycles. The van der Waals surface area contributed by atoms with Gasteiger partial charge in [-0.3, -0.25) is 0 Å². The van der Waals surface area contributed by atoms with Crippen LogP contribution in [0.2, 0.25) is 0 Å². The van der Waals surface area contributed by atoms with Crippen LogP contribution in [0.5, 0.6) is 0 Å². The summed E-state index contributed by atoms with van der Waals surface area (Å²) in [5.74, 6) is 2.67. The Morgan fingerprint density at radius 1 is 1.25 bits per heavy atom. The van der Waals surface area contributed by atoms with Crippen molar-refractivity contribution < 1.29 is 4.74 Å². The minimum absolute atomic E-state index is 0.467. The van der Waals surface area contributed by atoms with Gasteiger partial charge < -0.3 is 10.1 Å². The molecule has 0 radical (unpaired) electrons. The summed E-state index contributed by atoms with van der Waals surface area (Å²) in [6.45, 7) is 1.20. The summed E-state index contributed by atoms with van der Waals surface area (Å²) in [5, 5.41) is 3.75. The summed E-state index contributed by atoms with van der Waals surface area (Å²) in [4.78, 5) is 0. The molecule has 5 atom stereocenters. The van der Waals surface area contributed by atoms with Crippen LogP contribution >= 0.6 is 0 Å². The van der Waals surface area contributed by atoms with Gasteiger partial charge >= 0.3 is 0 Å². The number of hydrogen-bond acceptors (Lipinski definition) is 2. The van der Waals surface area contributed by atoms with Crippen molar-refractivity contribution >= 4 is 0 Å². The van der Waals surface area contributed by atoms with Gasteiger partial charge in [0.25, 0.3) is 0 Å². The first kappa shape index (κ1) is 10.8. The molecule has 2 heteroatoms. The molecule has 3 aliphatic rings. The van der Waals surface area contributed by atoms with E-state index in [2.05, 4.69) is 17.5 Å². The zero-order chi connectivity index (χ0) is 11.0. The van der Waals surface area contributed by atoms with E-state index in [1.165, 1.54) is 38.6 Å². The highest BCUT2D eigenvalue weighted by molar-refractivity contribution is 5.10. The van der Waals surface area contributed by atoms with Crippen molar-refractivity contribution in [2.45, 2.75) is 44.2 Å². The third kappa shape index (κ3) is 1.93. The predicted molar refractivity (Wildman–Crippen MR) is 65.3 cm³/mol. The molecule has 5 unspecified atom stereocenters. The number of fused-ring (bicyclic) bond motifs is 2. The van der Waals surface area contributed by atoms with Crippen LogP contribution in [0, 0.1) is 17.8 Å². The van der Waals surface area contributed by atoms with Crippen molar-refractivity contribution in [2.24, 2.45) is 17.8 Å². The quantitative estimate of drug-likeness (QED) is 0.736. The molecule has 16 heavy (non-hydrogen) atoms. The lowest BCUT2D eigenvalue weighted by Crippen LogP contribution is -2.40. The first-order valence-electron chi connectivity index (χ1n) is 6.81. The molecule has 0 aromatic carbocycles. The first-order valence-corrected chi connectivity index (χ1v) is 6.81. The van der Waals surface area contributed by atoms with E-state index in [4.69, 9.17) is 4.74 Å². The number of ether oxygens (including phenoxy) is 1. The lowest BCUT2D eigenvalue weighted by molar-refractivity contribution is 0.0834. The Balaban J connectivity index is 1.48. The van der Waals surface area contributed by atoms with E-state index in [9.17, 15) is 0 Å². The van der Waals surface area contributed by atoms with Crippen LogP contribution in [0.4, 0.5) is 0 Å². The predicted octanol–water partition coefficient (Wildman–Crippen LogP) is 2.36. The van der Waals surface area contributed by atoms with Gasteiger partial charge in [0.05, 0.1) is 6.10 Å². The van der Waals surface area contributed by atoms with E-state index in [1.807, 2.05) is 7.11 Å². The summed E-state index contributed by atoms with van der Waals surface area (Å²) in [6.07, 6.45) is 12.0. The zero-order valence-corrected chi connectivity index (χ0v) is 10.2. The summed E-state index contributed by atoms with van der Waals surface area (Å²) in [5.41, 5.74) is 0. The van der Waals surface area contributed by atoms with Crippen molar-refractivity contribution in [1.82, 2.24) is 5.32 Å². The third-order valence-corrected chi connectivity index (χ3v) is 4.81.